The smallest absolute Gasteiger partial charge is 0.239 e. The van der Waals surface area contributed by atoms with Gasteiger partial charge in [0, 0.05) is 44.0 Å². The van der Waals surface area contributed by atoms with E-state index in [1.807, 2.05) is 48.8 Å². The Morgan fingerprint density at radius 3 is 1.80 bits per heavy atom. The van der Waals surface area contributed by atoms with Crippen molar-refractivity contribution in [2.24, 2.45) is 0 Å². The fourth-order valence-corrected chi connectivity index (χ4v) is 6.69. The van der Waals surface area contributed by atoms with Crippen LogP contribution in [0.2, 0.25) is 0 Å². The third kappa shape index (κ3) is 6.42. The number of benzene rings is 5. The number of aromatic nitrogens is 2. The minimum Gasteiger partial charge on any atom is -0.503 e. The predicted octanol–water partition coefficient (Wildman–Crippen LogP) is 9.03. The average molecular weight is 839 g/mol. The monoisotopic (exact) mass is 839 g/mol. The van der Waals surface area contributed by atoms with E-state index in [2.05, 4.69) is 130 Å². The molecule has 0 amide bonds. The third-order valence-electron chi connectivity index (χ3n) is 9.79. The van der Waals surface area contributed by atoms with Crippen LogP contribution in [0.5, 0.6) is 23.0 Å². The summed E-state index contributed by atoms with van der Waals surface area (Å²) in [5.74, 6) is 3.35. The molecule has 0 bridgehead atoms. The van der Waals surface area contributed by atoms with E-state index in [1.54, 1.807) is 0 Å². The van der Waals surface area contributed by atoms with Crippen LogP contribution in [0.15, 0.2) is 122 Å². The first-order chi connectivity index (χ1) is 24.4. The number of nitrogens with zero attached hydrogens (tertiary/aromatic N) is 2. The van der Waals surface area contributed by atoms with E-state index >= 15 is 0 Å². The van der Waals surface area contributed by atoms with Gasteiger partial charge in [0.2, 0.25) is 6.71 Å². The van der Waals surface area contributed by atoms with E-state index in [4.69, 9.17) is 9.47 Å². The molecule has 1 radical (unpaired) electrons. The van der Waals surface area contributed by atoms with Crippen molar-refractivity contribution in [1.29, 1.82) is 0 Å². The zero-order chi connectivity index (χ0) is 34.4. The molecule has 2 aliphatic rings. The van der Waals surface area contributed by atoms with Gasteiger partial charge in [-0.2, -0.15) is 0 Å². The molecule has 5 aromatic carbocycles. The first-order valence-electron chi connectivity index (χ1n) is 16.9. The van der Waals surface area contributed by atoms with Crippen LogP contribution in [0.3, 0.4) is 0 Å². The molecule has 6 heteroatoms. The van der Waals surface area contributed by atoms with Gasteiger partial charge in [0.15, 0.2) is 0 Å². The molecule has 7 aromatic rings. The Balaban J connectivity index is 0.000000165. The normalized spacial score (nSPS) is 11.7. The number of pyridine rings is 2. The van der Waals surface area contributed by atoms with E-state index in [0.29, 0.717) is 0 Å². The maximum absolute atomic E-state index is 6.44. The quantitative estimate of drug-likeness (QED) is 0.132. The molecule has 0 spiro atoms. The number of rotatable bonds is 3. The summed E-state index contributed by atoms with van der Waals surface area (Å²) in [6.45, 7) is 10.6. The molecule has 2 aromatic heterocycles. The zero-order valence-corrected chi connectivity index (χ0v) is 31.6. The van der Waals surface area contributed by atoms with Crippen molar-refractivity contribution in [3.8, 4) is 56.6 Å². The number of hydrogen-bond acceptors (Lipinski definition) is 4. The van der Waals surface area contributed by atoms with Gasteiger partial charge in [-0.25, -0.2) is 0 Å². The molecule has 0 fully saturated rings. The second-order valence-corrected chi connectivity index (χ2v) is 13.1. The van der Waals surface area contributed by atoms with Gasteiger partial charge in [0.1, 0.15) is 11.5 Å². The van der Waals surface area contributed by atoms with Crippen LogP contribution >= 0.6 is 0 Å². The second kappa shape index (κ2) is 14.1. The van der Waals surface area contributed by atoms with Crippen molar-refractivity contribution in [3.63, 3.8) is 0 Å². The summed E-state index contributed by atoms with van der Waals surface area (Å²) in [4.78, 5) is 9.21. The van der Waals surface area contributed by atoms with Gasteiger partial charge in [0.05, 0.1) is 0 Å². The molecule has 251 valence electrons. The van der Waals surface area contributed by atoms with Crippen LogP contribution in [0.25, 0.3) is 33.6 Å². The Morgan fingerprint density at radius 1 is 0.549 bits per heavy atom. The van der Waals surface area contributed by atoms with Crippen LogP contribution in [0.1, 0.15) is 27.8 Å². The maximum Gasteiger partial charge on any atom is 0.239 e. The summed E-state index contributed by atoms with van der Waals surface area (Å²) in [7, 11) is 0. The topological polar surface area (TPSA) is 44.2 Å². The molecular weight excluding hydrogens is 804 g/mol. The standard InChI is InChI=1S/C25H17BNO2.C20H18N.Ir/c1-15-13-20(27-14-16(15)2)17-11-12-23-24-25(17)29-22-10-6-4-8-19(22)26(24)18-7-3-5-9-21(18)28-23;1-14-9-10-18(20-11-15(2)16(3)13-21-20)12-19(14)17-7-5-4-6-8-17;/h3-10,12-14H,1-2H3;4-9,11-13H,1-3H3;/q2*-1;. The first kappa shape index (κ1) is 34.2. The molecule has 0 unspecified atom stereocenters. The number of para-hydroxylation sites is 2. The van der Waals surface area contributed by atoms with Crippen molar-refractivity contribution in [2.45, 2.75) is 34.6 Å². The maximum atomic E-state index is 6.44. The van der Waals surface area contributed by atoms with Crippen LogP contribution in [0, 0.1) is 46.8 Å². The minimum atomic E-state index is 0. The van der Waals surface area contributed by atoms with Gasteiger partial charge < -0.3 is 19.4 Å². The van der Waals surface area contributed by atoms with Gasteiger partial charge in [-0.1, -0.05) is 114 Å². The molecule has 51 heavy (non-hydrogen) atoms. The zero-order valence-electron chi connectivity index (χ0n) is 29.2. The van der Waals surface area contributed by atoms with Crippen LogP contribution in [0.4, 0.5) is 0 Å². The Hall–Kier alpha value is -5.29. The van der Waals surface area contributed by atoms with Crippen molar-refractivity contribution in [1.82, 2.24) is 9.97 Å². The number of aryl methyl sites for hydroxylation is 5. The summed E-state index contributed by atoms with van der Waals surface area (Å²) in [6.07, 6.45) is 3.84. The molecule has 0 saturated carbocycles. The molecule has 4 nitrogen and oxygen atoms in total. The molecular formula is C45H35BIrN2O2-2. The Kier molecular flexibility index (Phi) is 9.48. The molecule has 4 heterocycles. The van der Waals surface area contributed by atoms with Crippen molar-refractivity contribution in [2.75, 3.05) is 0 Å². The Bertz CT molecular complexity index is 2400. The van der Waals surface area contributed by atoms with Gasteiger partial charge in [-0.3, -0.25) is 0 Å². The molecule has 2 aliphatic heterocycles. The van der Waals surface area contributed by atoms with E-state index in [0.717, 1.165) is 61.9 Å². The van der Waals surface area contributed by atoms with Crippen molar-refractivity contribution < 1.29 is 29.6 Å². The van der Waals surface area contributed by atoms with Gasteiger partial charge in [-0.05, 0) is 78.8 Å². The van der Waals surface area contributed by atoms with Crippen LogP contribution in [-0.4, -0.2) is 16.7 Å². The fourth-order valence-electron chi connectivity index (χ4n) is 6.69. The minimum absolute atomic E-state index is 0. The van der Waals surface area contributed by atoms with Crippen molar-refractivity contribution >= 4 is 23.1 Å². The van der Waals surface area contributed by atoms with E-state index in [1.165, 1.54) is 38.9 Å². The Labute approximate surface area is 314 Å². The van der Waals surface area contributed by atoms with E-state index < -0.39 is 0 Å². The van der Waals surface area contributed by atoms with E-state index in [9.17, 15) is 0 Å². The summed E-state index contributed by atoms with van der Waals surface area (Å²) < 4.78 is 12.7. The van der Waals surface area contributed by atoms with Crippen LogP contribution < -0.4 is 25.9 Å². The molecule has 0 saturated heterocycles. The average Bonchev–Trinajstić information content (AvgIpc) is 3.15. The number of fused-ring (bicyclic) bond motifs is 4. The number of hydrogen-bond donors (Lipinski definition) is 0. The van der Waals surface area contributed by atoms with Gasteiger partial charge >= 0.3 is 0 Å². The van der Waals surface area contributed by atoms with E-state index in [-0.39, 0.29) is 26.8 Å². The third-order valence-corrected chi connectivity index (χ3v) is 9.79. The molecule has 0 N–H and O–H groups in total. The van der Waals surface area contributed by atoms with Crippen molar-refractivity contribution in [3.05, 3.63) is 162 Å². The van der Waals surface area contributed by atoms with Gasteiger partial charge in [-0.15, -0.1) is 41.5 Å². The molecule has 0 atom stereocenters. The number of ether oxygens (including phenoxy) is 2. The SMILES string of the molecule is Cc1cnc(-c2[c-]cc(C)c(-c3ccccc3)c2)cc1C.Cc1cnc(-c2[c-]cc3c4c2Oc2ccccc2B4c2ccccc2O3)cc1C.[Ir]. The van der Waals surface area contributed by atoms with Crippen LogP contribution in [-0.2, 0) is 20.1 Å². The fraction of sp³-hybridized carbons (Fsp3) is 0.111. The van der Waals surface area contributed by atoms with Gasteiger partial charge in [0.25, 0.3) is 0 Å². The summed E-state index contributed by atoms with van der Waals surface area (Å²) in [6, 6.07) is 44.0. The Morgan fingerprint density at radius 2 is 1.14 bits per heavy atom. The summed E-state index contributed by atoms with van der Waals surface area (Å²) in [5.41, 5.74) is 15.7. The predicted molar refractivity (Wildman–Crippen MR) is 204 cm³/mol. The molecule has 9 rings (SSSR count). The summed E-state index contributed by atoms with van der Waals surface area (Å²) >= 11 is 0. The molecule has 0 aliphatic carbocycles. The first-order valence-corrected chi connectivity index (χ1v) is 16.9. The largest absolute Gasteiger partial charge is 0.503 e. The second-order valence-electron chi connectivity index (χ2n) is 13.1. The summed E-state index contributed by atoms with van der Waals surface area (Å²) in [5, 5.41) is 0.